The van der Waals surface area contributed by atoms with Crippen LogP contribution in [-0.4, -0.2) is 37.2 Å². The van der Waals surface area contributed by atoms with E-state index in [0.717, 1.165) is 63.7 Å². The first-order chi connectivity index (χ1) is 30.9. The van der Waals surface area contributed by atoms with Gasteiger partial charge < -0.3 is 14.2 Å². The molecular weight excluding hydrogens is 781 g/mol. The van der Waals surface area contributed by atoms with E-state index in [-0.39, 0.29) is 31.1 Å². The van der Waals surface area contributed by atoms with Gasteiger partial charge >= 0.3 is 17.9 Å². The van der Waals surface area contributed by atoms with E-state index < -0.39 is 6.10 Å². The second-order valence-corrected chi connectivity index (χ2v) is 19.8. The van der Waals surface area contributed by atoms with Crippen LogP contribution in [0.25, 0.3) is 0 Å². The number of rotatable bonds is 52. The molecule has 0 spiro atoms. The average Bonchev–Trinajstić information content (AvgIpc) is 3.28. The highest BCUT2D eigenvalue weighted by Gasteiger charge is 2.19. The Morgan fingerprint density at radius 2 is 0.556 bits per heavy atom. The standard InChI is InChI=1S/C57H110O6/c1-5-8-10-12-14-16-18-20-25-30-34-38-42-46-50-57(60)63-54(51-61-55(58)48-44-40-36-32-28-23-19-17-15-13-11-9-6-2)52-62-56(59)49-45-41-37-33-29-26-22-21-24-27-31-35-39-43-47-53(4)7-3/h53-54H,5-52H2,1-4H3/t53?,54-/m0/s1. The van der Waals surface area contributed by atoms with Crippen molar-refractivity contribution >= 4 is 17.9 Å². The Hall–Kier alpha value is -1.59. The van der Waals surface area contributed by atoms with E-state index in [2.05, 4.69) is 27.7 Å². The number of hydrogen-bond donors (Lipinski definition) is 0. The van der Waals surface area contributed by atoms with Crippen LogP contribution >= 0.6 is 0 Å². The molecule has 0 fully saturated rings. The SMILES string of the molecule is CCCCCCCCCCCCCCCCC(=O)O[C@@H](COC(=O)CCCCCCCCCCCCCCC)COC(=O)CCCCCCCCCCCCCCCCC(C)CC. The van der Waals surface area contributed by atoms with Crippen LogP contribution in [0.2, 0.25) is 0 Å². The number of carbonyl (C=O) groups is 3. The molecule has 0 aromatic heterocycles. The van der Waals surface area contributed by atoms with E-state index in [0.29, 0.717) is 19.3 Å². The van der Waals surface area contributed by atoms with Gasteiger partial charge in [0, 0.05) is 19.3 Å². The molecule has 6 heteroatoms. The van der Waals surface area contributed by atoms with Gasteiger partial charge in [0.15, 0.2) is 6.10 Å². The zero-order valence-corrected chi connectivity index (χ0v) is 43.0. The molecule has 0 saturated heterocycles. The van der Waals surface area contributed by atoms with Gasteiger partial charge in [0.25, 0.3) is 0 Å². The monoisotopic (exact) mass is 891 g/mol. The number of carbonyl (C=O) groups excluding carboxylic acids is 3. The van der Waals surface area contributed by atoms with Gasteiger partial charge in [0.05, 0.1) is 0 Å². The molecule has 0 amide bonds. The summed E-state index contributed by atoms with van der Waals surface area (Å²) in [5.41, 5.74) is 0. The highest BCUT2D eigenvalue weighted by atomic mass is 16.6. The summed E-state index contributed by atoms with van der Waals surface area (Å²) in [5, 5.41) is 0. The van der Waals surface area contributed by atoms with E-state index in [9.17, 15) is 14.4 Å². The first-order valence-corrected chi connectivity index (χ1v) is 28.4. The van der Waals surface area contributed by atoms with Crippen LogP contribution in [0.5, 0.6) is 0 Å². The fourth-order valence-electron chi connectivity index (χ4n) is 8.72. The molecule has 0 aliphatic rings. The topological polar surface area (TPSA) is 78.9 Å². The summed E-state index contributed by atoms with van der Waals surface area (Å²) in [7, 11) is 0. The third kappa shape index (κ3) is 49.7. The Kier molecular flexibility index (Phi) is 50.1. The average molecular weight is 892 g/mol. The van der Waals surface area contributed by atoms with Crippen molar-refractivity contribution in [2.45, 2.75) is 329 Å². The third-order valence-electron chi connectivity index (χ3n) is 13.4. The van der Waals surface area contributed by atoms with Crippen molar-refractivity contribution in [1.82, 2.24) is 0 Å². The maximum absolute atomic E-state index is 12.8. The number of unbranched alkanes of at least 4 members (excludes halogenated alkanes) is 38. The van der Waals surface area contributed by atoms with Gasteiger partial charge in [-0.3, -0.25) is 14.4 Å². The Morgan fingerprint density at radius 3 is 0.825 bits per heavy atom. The first-order valence-electron chi connectivity index (χ1n) is 28.4. The predicted molar refractivity (Wildman–Crippen MR) is 270 cm³/mol. The summed E-state index contributed by atoms with van der Waals surface area (Å²) in [6, 6.07) is 0. The molecule has 0 radical (unpaired) electrons. The van der Waals surface area contributed by atoms with Crippen LogP contribution < -0.4 is 0 Å². The fourth-order valence-corrected chi connectivity index (χ4v) is 8.72. The quantitative estimate of drug-likeness (QED) is 0.0344. The summed E-state index contributed by atoms with van der Waals surface area (Å²) in [4.78, 5) is 38.1. The van der Waals surface area contributed by atoms with Crippen molar-refractivity contribution in [2.24, 2.45) is 5.92 Å². The molecule has 0 aromatic rings. The third-order valence-corrected chi connectivity index (χ3v) is 13.4. The van der Waals surface area contributed by atoms with Crippen LogP contribution in [0.4, 0.5) is 0 Å². The van der Waals surface area contributed by atoms with E-state index >= 15 is 0 Å². The molecule has 0 rings (SSSR count). The van der Waals surface area contributed by atoms with Crippen molar-refractivity contribution in [1.29, 1.82) is 0 Å². The molecule has 0 N–H and O–H groups in total. The van der Waals surface area contributed by atoms with E-state index in [1.807, 2.05) is 0 Å². The number of hydrogen-bond acceptors (Lipinski definition) is 6. The Bertz CT molecular complexity index is 951. The van der Waals surface area contributed by atoms with Crippen LogP contribution in [0.3, 0.4) is 0 Å². The lowest BCUT2D eigenvalue weighted by Crippen LogP contribution is -2.30. The smallest absolute Gasteiger partial charge is 0.306 e. The maximum atomic E-state index is 12.8. The zero-order valence-electron chi connectivity index (χ0n) is 43.0. The lowest BCUT2D eigenvalue weighted by Gasteiger charge is -2.18. The van der Waals surface area contributed by atoms with Gasteiger partial charge in [0.1, 0.15) is 13.2 Å². The molecule has 63 heavy (non-hydrogen) atoms. The van der Waals surface area contributed by atoms with E-state index in [1.165, 1.54) is 218 Å². The maximum Gasteiger partial charge on any atom is 0.306 e. The summed E-state index contributed by atoms with van der Waals surface area (Å²) < 4.78 is 16.9. The fraction of sp³-hybridized carbons (Fsp3) is 0.947. The molecule has 1 unspecified atom stereocenters. The van der Waals surface area contributed by atoms with Gasteiger partial charge in [-0.25, -0.2) is 0 Å². The van der Waals surface area contributed by atoms with E-state index in [1.54, 1.807) is 0 Å². The normalized spacial score (nSPS) is 12.4. The van der Waals surface area contributed by atoms with Crippen molar-refractivity contribution in [2.75, 3.05) is 13.2 Å². The minimum Gasteiger partial charge on any atom is -0.462 e. The molecule has 0 aliphatic heterocycles. The van der Waals surface area contributed by atoms with Gasteiger partial charge in [-0.15, -0.1) is 0 Å². The number of esters is 3. The molecular formula is C57H110O6. The van der Waals surface area contributed by atoms with Crippen LogP contribution in [-0.2, 0) is 28.6 Å². The molecule has 0 aliphatic carbocycles. The number of ether oxygens (including phenoxy) is 3. The second-order valence-electron chi connectivity index (χ2n) is 19.8. The van der Waals surface area contributed by atoms with Gasteiger partial charge in [-0.05, 0) is 25.2 Å². The minimum absolute atomic E-state index is 0.0619. The van der Waals surface area contributed by atoms with Crippen LogP contribution in [0.1, 0.15) is 323 Å². The highest BCUT2D eigenvalue weighted by molar-refractivity contribution is 5.71. The largest absolute Gasteiger partial charge is 0.462 e. The lowest BCUT2D eigenvalue weighted by atomic mass is 9.99. The minimum atomic E-state index is -0.761. The van der Waals surface area contributed by atoms with Crippen molar-refractivity contribution in [3.05, 3.63) is 0 Å². The van der Waals surface area contributed by atoms with Gasteiger partial charge in [0.2, 0.25) is 0 Å². The van der Waals surface area contributed by atoms with Crippen molar-refractivity contribution < 1.29 is 28.6 Å². The first kappa shape index (κ1) is 61.4. The molecule has 2 atom stereocenters. The molecule has 0 bridgehead atoms. The molecule has 0 saturated carbocycles. The van der Waals surface area contributed by atoms with Crippen molar-refractivity contribution in [3.8, 4) is 0 Å². The summed E-state index contributed by atoms with van der Waals surface area (Å²) in [5.74, 6) is 0.0594. The Labute approximate surface area is 393 Å². The summed E-state index contributed by atoms with van der Waals surface area (Å²) >= 11 is 0. The Balaban J connectivity index is 4.28. The highest BCUT2D eigenvalue weighted by Crippen LogP contribution is 2.18. The van der Waals surface area contributed by atoms with E-state index in [4.69, 9.17) is 14.2 Å². The lowest BCUT2D eigenvalue weighted by molar-refractivity contribution is -0.167. The predicted octanol–water partition coefficient (Wildman–Crippen LogP) is 18.6. The zero-order chi connectivity index (χ0) is 45.9. The summed E-state index contributed by atoms with van der Waals surface area (Å²) in [6.45, 7) is 9.09. The molecule has 0 aromatic carbocycles. The van der Waals surface area contributed by atoms with Gasteiger partial charge in [-0.2, -0.15) is 0 Å². The second kappa shape index (κ2) is 51.4. The van der Waals surface area contributed by atoms with Crippen molar-refractivity contribution in [3.63, 3.8) is 0 Å². The summed E-state index contributed by atoms with van der Waals surface area (Å²) in [6.07, 6.45) is 55.1. The molecule has 0 heterocycles. The Morgan fingerprint density at radius 1 is 0.317 bits per heavy atom. The van der Waals surface area contributed by atoms with Gasteiger partial charge in [-0.1, -0.05) is 285 Å². The van der Waals surface area contributed by atoms with Crippen LogP contribution in [0.15, 0.2) is 0 Å². The van der Waals surface area contributed by atoms with Crippen LogP contribution in [0, 0.1) is 5.92 Å². The molecule has 6 nitrogen and oxygen atoms in total. The molecule has 374 valence electrons.